The predicted octanol–water partition coefficient (Wildman–Crippen LogP) is 9.72. The quantitative estimate of drug-likeness (QED) is 0.0212. The number of phosphoric acid groups is 1. The Labute approximate surface area is 305 Å². The second-order valence-corrected chi connectivity index (χ2v) is 15.4. The van der Waals surface area contributed by atoms with Gasteiger partial charge in [0.2, 0.25) is 0 Å². The van der Waals surface area contributed by atoms with Crippen molar-refractivity contribution in [1.82, 2.24) is 0 Å². The van der Waals surface area contributed by atoms with E-state index in [9.17, 15) is 19.0 Å². The number of nitrogens with zero attached hydrogens (tertiary/aromatic N) is 1. The summed E-state index contributed by atoms with van der Waals surface area (Å²) in [6.45, 7) is 4.03. The number of likely N-dealkylation sites (N-methyl/N-ethyl adjacent to an activating group) is 1. The van der Waals surface area contributed by atoms with Crippen LogP contribution < -0.4 is 4.89 Å². The highest BCUT2D eigenvalue weighted by molar-refractivity contribution is 7.45. The van der Waals surface area contributed by atoms with Crippen LogP contribution in [-0.2, 0) is 32.7 Å². The molecule has 0 bridgehead atoms. The smallest absolute Gasteiger partial charge is 0.306 e. The Bertz CT molecular complexity index is 1000. The summed E-state index contributed by atoms with van der Waals surface area (Å²) in [5, 5.41) is 0. The largest absolute Gasteiger partial charge is 0.756 e. The van der Waals surface area contributed by atoms with Crippen molar-refractivity contribution in [3.8, 4) is 0 Å². The molecule has 2 atom stereocenters. The number of allylic oxidation sites excluding steroid dienone is 8. The standard InChI is InChI=1S/C40H72NO8P/c1-6-8-10-12-14-16-18-19-20-21-23-25-27-29-31-33-40(43)49-38(37-48-50(44,45)47-35-34-41(3,4)5)36-46-39(42)32-30-28-26-24-22-17-15-13-11-9-7-2/h8,10,12,14,16,18-20,38H,6-7,9,11,13,15,17,21-37H2,1-5H3/b10-8-,14-12+,18-16+,20-19-. The molecule has 0 saturated carbocycles. The molecule has 2 unspecified atom stereocenters. The molecule has 0 aliphatic heterocycles. The van der Waals surface area contributed by atoms with Crippen LogP contribution >= 0.6 is 7.82 Å². The number of hydrogen-bond donors (Lipinski definition) is 0. The van der Waals surface area contributed by atoms with Crippen molar-refractivity contribution in [3.63, 3.8) is 0 Å². The zero-order valence-corrected chi connectivity index (χ0v) is 33.2. The molecule has 0 aromatic rings. The first-order chi connectivity index (χ1) is 24.0. The highest BCUT2D eigenvalue weighted by Gasteiger charge is 2.21. The van der Waals surface area contributed by atoms with E-state index in [0.717, 1.165) is 57.8 Å². The molecule has 0 rings (SSSR count). The average molecular weight is 726 g/mol. The summed E-state index contributed by atoms with van der Waals surface area (Å²) in [7, 11) is 1.14. The molecule has 9 nitrogen and oxygen atoms in total. The number of ether oxygens (including phenoxy) is 2. The monoisotopic (exact) mass is 725 g/mol. The van der Waals surface area contributed by atoms with Gasteiger partial charge in [-0.3, -0.25) is 14.2 Å². The molecule has 0 aromatic heterocycles. The summed E-state index contributed by atoms with van der Waals surface area (Å²) in [6, 6.07) is 0. The molecule has 0 saturated heterocycles. The first-order valence-electron chi connectivity index (χ1n) is 19.4. The molecular formula is C40H72NO8P. The zero-order chi connectivity index (χ0) is 37.2. The van der Waals surface area contributed by atoms with Gasteiger partial charge in [-0.05, 0) is 32.1 Å². The van der Waals surface area contributed by atoms with Gasteiger partial charge in [0.25, 0.3) is 7.82 Å². The van der Waals surface area contributed by atoms with Crippen LogP contribution in [0.15, 0.2) is 48.6 Å². The van der Waals surface area contributed by atoms with Gasteiger partial charge in [0.05, 0.1) is 27.7 Å². The molecule has 0 N–H and O–H groups in total. The zero-order valence-electron chi connectivity index (χ0n) is 32.3. The Balaban J connectivity index is 4.49. The Morgan fingerprint density at radius 3 is 1.70 bits per heavy atom. The lowest BCUT2D eigenvalue weighted by molar-refractivity contribution is -0.870. The Kier molecular flexibility index (Phi) is 31.5. The van der Waals surface area contributed by atoms with Gasteiger partial charge < -0.3 is 27.9 Å². The van der Waals surface area contributed by atoms with Gasteiger partial charge >= 0.3 is 11.9 Å². The lowest BCUT2D eigenvalue weighted by atomic mass is 10.1. The highest BCUT2D eigenvalue weighted by atomic mass is 31.2. The molecule has 0 amide bonds. The average Bonchev–Trinajstić information content (AvgIpc) is 3.06. The van der Waals surface area contributed by atoms with Crippen molar-refractivity contribution in [3.05, 3.63) is 48.6 Å². The number of quaternary nitrogens is 1. The first-order valence-corrected chi connectivity index (χ1v) is 20.9. The van der Waals surface area contributed by atoms with Crippen molar-refractivity contribution < 1.29 is 42.1 Å². The molecule has 0 aliphatic carbocycles. The lowest BCUT2D eigenvalue weighted by Crippen LogP contribution is -2.37. The summed E-state index contributed by atoms with van der Waals surface area (Å²) >= 11 is 0. The fourth-order valence-electron chi connectivity index (χ4n) is 4.90. The van der Waals surface area contributed by atoms with Crippen molar-refractivity contribution in [2.45, 2.75) is 148 Å². The minimum absolute atomic E-state index is 0.0369. The van der Waals surface area contributed by atoms with Gasteiger partial charge in [-0.15, -0.1) is 0 Å². The molecular weight excluding hydrogens is 653 g/mol. The predicted molar refractivity (Wildman–Crippen MR) is 203 cm³/mol. The fraction of sp³-hybridized carbons (Fsp3) is 0.750. The second-order valence-electron chi connectivity index (χ2n) is 14.0. The minimum Gasteiger partial charge on any atom is -0.756 e. The van der Waals surface area contributed by atoms with Crippen LogP contribution in [0, 0.1) is 0 Å². The van der Waals surface area contributed by atoms with Crippen LogP contribution in [0.1, 0.15) is 142 Å². The number of unbranched alkanes of at least 4 members (excludes halogenated alkanes) is 15. The van der Waals surface area contributed by atoms with Gasteiger partial charge in [0.15, 0.2) is 6.10 Å². The normalized spacial score (nSPS) is 14.3. The van der Waals surface area contributed by atoms with Crippen LogP contribution in [0.4, 0.5) is 0 Å². The van der Waals surface area contributed by atoms with Gasteiger partial charge in [-0.2, -0.15) is 0 Å². The van der Waals surface area contributed by atoms with Crippen LogP contribution in [0.2, 0.25) is 0 Å². The molecule has 10 heteroatoms. The first kappa shape index (κ1) is 48.0. The van der Waals surface area contributed by atoms with E-state index in [2.05, 4.69) is 32.1 Å². The van der Waals surface area contributed by atoms with E-state index in [4.69, 9.17) is 18.5 Å². The van der Waals surface area contributed by atoms with E-state index >= 15 is 0 Å². The number of carbonyl (C=O) groups is 2. The number of carbonyl (C=O) groups excluding carboxylic acids is 2. The fourth-order valence-corrected chi connectivity index (χ4v) is 5.63. The number of phosphoric ester groups is 1. The molecule has 0 fully saturated rings. The third kappa shape index (κ3) is 35.8. The Hall–Kier alpha value is -2.03. The van der Waals surface area contributed by atoms with Gasteiger partial charge in [0, 0.05) is 12.8 Å². The summed E-state index contributed by atoms with van der Waals surface area (Å²) in [5.41, 5.74) is 0. The second kappa shape index (κ2) is 32.8. The molecule has 290 valence electrons. The van der Waals surface area contributed by atoms with Crippen molar-refractivity contribution in [2.75, 3.05) is 47.5 Å². The number of hydrogen-bond acceptors (Lipinski definition) is 8. The van der Waals surface area contributed by atoms with E-state index < -0.39 is 32.5 Å². The third-order valence-electron chi connectivity index (χ3n) is 7.96. The summed E-state index contributed by atoms with van der Waals surface area (Å²) in [6.07, 6.45) is 35.6. The molecule has 0 spiro atoms. The highest BCUT2D eigenvalue weighted by Crippen LogP contribution is 2.38. The summed E-state index contributed by atoms with van der Waals surface area (Å²) < 4.78 is 33.7. The lowest BCUT2D eigenvalue weighted by Gasteiger charge is -2.28. The van der Waals surface area contributed by atoms with Crippen molar-refractivity contribution >= 4 is 19.8 Å². The van der Waals surface area contributed by atoms with Crippen molar-refractivity contribution in [2.24, 2.45) is 0 Å². The van der Waals surface area contributed by atoms with E-state index in [1.807, 2.05) is 51.5 Å². The van der Waals surface area contributed by atoms with Gasteiger partial charge in [0.1, 0.15) is 19.8 Å². The molecule has 50 heavy (non-hydrogen) atoms. The minimum atomic E-state index is -4.62. The maximum atomic E-state index is 12.6. The summed E-state index contributed by atoms with van der Waals surface area (Å²) in [5.74, 6) is -0.866. The van der Waals surface area contributed by atoms with Crippen LogP contribution in [-0.4, -0.2) is 70.0 Å². The number of rotatable bonds is 34. The Morgan fingerprint density at radius 2 is 1.14 bits per heavy atom. The van der Waals surface area contributed by atoms with E-state index in [1.54, 1.807) is 0 Å². The van der Waals surface area contributed by atoms with Crippen LogP contribution in [0.25, 0.3) is 0 Å². The maximum absolute atomic E-state index is 12.6. The third-order valence-corrected chi connectivity index (χ3v) is 8.92. The van der Waals surface area contributed by atoms with E-state index in [-0.39, 0.29) is 26.1 Å². The molecule has 0 heterocycles. The molecule has 0 aromatic carbocycles. The van der Waals surface area contributed by atoms with E-state index in [1.165, 1.54) is 51.4 Å². The van der Waals surface area contributed by atoms with E-state index in [0.29, 0.717) is 17.4 Å². The summed E-state index contributed by atoms with van der Waals surface area (Å²) in [4.78, 5) is 37.3. The Morgan fingerprint density at radius 1 is 0.640 bits per heavy atom. The topological polar surface area (TPSA) is 111 Å². The van der Waals surface area contributed by atoms with Gasteiger partial charge in [-0.25, -0.2) is 0 Å². The maximum Gasteiger partial charge on any atom is 0.306 e. The number of esters is 2. The van der Waals surface area contributed by atoms with Crippen LogP contribution in [0.3, 0.4) is 0 Å². The molecule has 0 aliphatic rings. The van der Waals surface area contributed by atoms with Gasteiger partial charge in [-0.1, -0.05) is 146 Å². The SMILES string of the molecule is CC\C=C/C=C/C=C/C=C\CCCCCCCC(=O)OC(COC(=O)CCCCCCCCCCCCC)COP(=O)([O-])OCC[N+](C)(C)C. The van der Waals surface area contributed by atoms with Crippen LogP contribution in [0.5, 0.6) is 0 Å². The van der Waals surface area contributed by atoms with Crippen molar-refractivity contribution in [1.29, 1.82) is 0 Å². The molecule has 0 radical (unpaired) electrons.